The van der Waals surface area contributed by atoms with Gasteiger partial charge in [0.2, 0.25) is 0 Å². The number of hydrogen-bond acceptors (Lipinski definition) is 5. The number of rotatable bonds is 6. The van der Waals surface area contributed by atoms with E-state index in [1.807, 2.05) is 32.9 Å². The maximum atomic E-state index is 12.9. The first-order valence-electron chi connectivity index (χ1n) is 8.40. The van der Waals surface area contributed by atoms with E-state index in [4.69, 9.17) is 9.47 Å². The minimum atomic E-state index is -3.86. The van der Waals surface area contributed by atoms with Crippen LogP contribution in [0.2, 0.25) is 0 Å². The lowest BCUT2D eigenvalue weighted by atomic mass is 10.1. The van der Waals surface area contributed by atoms with Crippen molar-refractivity contribution in [3.8, 4) is 5.75 Å². The number of carbonyl (C=O) groups is 1. The van der Waals surface area contributed by atoms with E-state index < -0.39 is 16.1 Å². The predicted octanol–water partition coefficient (Wildman–Crippen LogP) is 3.99. The van der Waals surface area contributed by atoms with Gasteiger partial charge in [-0.3, -0.25) is 10.0 Å². The molecule has 2 aromatic rings. The zero-order valence-electron chi connectivity index (χ0n) is 16.0. The predicted molar refractivity (Wildman–Crippen MR) is 105 cm³/mol. The van der Waals surface area contributed by atoms with E-state index in [0.29, 0.717) is 11.4 Å². The number of hydrogen-bond donors (Lipinski definition) is 2. The minimum absolute atomic E-state index is 0.00512. The molecule has 2 rings (SSSR count). The molecular weight excluding hydrogens is 368 g/mol. The van der Waals surface area contributed by atoms with Gasteiger partial charge in [-0.15, -0.1) is 0 Å². The number of sulfonamides is 1. The summed E-state index contributed by atoms with van der Waals surface area (Å²) in [6.45, 7) is 7.52. The molecule has 0 saturated heterocycles. The number of methoxy groups -OCH3 is 1. The molecule has 0 fully saturated rings. The highest BCUT2D eigenvalue weighted by Gasteiger charge is 2.20. The molecule has 27 heavy (non-hydrogen) atoms. The van der Waals surface area contributed by atoms with Gasteiger partial charge < -0.3 is 9.47 Å². The fourth-order valence-electron chi connectivity index (χ4n) is 2.76. The van der Waals surface area contributed by atoms with Crippen LogP contribution in [0.5, 0.6) is 5.75 Å². The molecule has 8 heteroatoms. The summed E-state index contributed by atoms with van der Waals surface area (Å²) in [5.41, 5.74) is 3.45. The zero-order valence-corrected chi connectivity index (χ0v) is 16.9. The number of ether oxygens (including phenoxy) is 2. The van der Waals surface area contributed by atoms with Crippen LogP contribution in [0.3, 0.4) is 0 Å². The Labute approximate surface area is 159 Å². The van der Waals surface area contributed by atoms with Gasteiger partial charge in [0.05, 0.1) is 30.0 Å². The fourth-order valence-corrected chi connectivity index (χ4v) is 3.99. The summed E-state index contributed by atoms with van der Waals surface area (Å²) < 4.78 is 38.4. The molecule has 2 N–H and O–H groups in total. The average Bonchev–Trinajstić information content (AvgIpc) is 2.58. The van der Waals surface area contributed by atoms with E-state index in [9.17, 15) is 13.2 Å². The maximum Gasteiger partial charge on any atom is 0.411 e. The Balaban J connectivity index is 2.40. The Hall–Kier alpha value is -2.74. The van der Waals surface area contributed by atoms with E-state index in [1.165, 1.54) is 25.3 Å². The maximum absolute atomic E-state index is 12.9. The molecule has 0 saturated carbocycles. The van der Waals surface area contributed by atoms with Crippen LogP contribution in [-0.4, -0.2) is 28.2 Å². The van der Waals surface area contributed by atoms with Crippen LogP contribution in [0.15, 0.2) is 35.2 Å². The van der Waals surface area contributed by atoms with Gasteiger partial charge >= 0.3 is 6.09 Å². The molecule has 0 bridgehead atoms. The first-order valence-corrected chi connectivity index (χ1v) is 9.88. The Bertz CT molecular complexity index is 932. The standard InChI is InChI=1S/C19H24N2O5S/c1-6-26-19(22)20-16-11-15(7-8-17(16)25-5)27(23,24)21-18-13(3)9-12(2)10-14(18)4/h7-11,21H,6H2,1-5H3,(H,20,22). The first kappa shape index (κ1) is 20.6. The van der Waals surface area contributed by atoms with Crippen molar-refractivity contribution in [3.05, 3.63) is 47.0 Å². The number of amides is 1. The lowest BCUT2D eigenvalue weighted by Gasteiger charge is -2.16. The Kier molecular flexibility index (Phi) is 6.32. The molecule has 0 spiro atoms. The van der Waals surface area contributed by atoms with Gasteiger partial charge in [-0.1, -0.05) is 17.7 Å². The summed E-state index contributed by atoms with van der Waals surface area (Å²) in [5.74, 6) is 0.324. The molecule has 0 heterocycles. The third kappa shape index (κ3) is 4.91. The van der Waals surface area contributed by atoms with Crippen molar-refractivity contribution >= 4 is 27.5 Å². The summed E-state index contributed by atoms with van der Waals surface area (Å²) in [7, 11) is -2.44. The topological polar surface area (TPSA) is 93.7 Å². The minimum Gasteiger partial charge on any atom is -0.495 e. The quantitative estimate of drug-likeness (QED) is 0.775. The second-order valence-corrected chi connectivity index (χ2v) is 7.77. The number of benzene rings is 2. The normalized spacial score (nSPS) is 11.0. The molecule has 1 amide bonds. The number of anilines is 2. The van der Waals surface area contributed by atoms with Gasteiger partial charge in [0.15, 0.2) is 0 Å². The third-order valence-electron chi connectivity index (χ3n) is 3.91. The van der Waals surface area contributed by atoms with Crippen LogP contribution in [-0.2, 0) is 14.8 Å². The van der Waals surface area contributed by atoms with Crippen molar-refractivity contribution in [2.75, 3.05) is 23.8 Å². The van der Waals surface area contributed by atoms with Crippen molar-refractivity contribution in [2.45, 2.75) is 32.6 Å². The second-order valence-electron chi connectivity index (χ2n) is 6.09. The van der Waals surface area contributed by atoms with Crippen molar-refractivity contribution in [2.24, 2.45) is 0 Å². The summed E-state index contributed by atoms with van der Waals surface area (Å²) in [5, 5.41) is 2.49. The van der Waals surface area contributed by atoms with E-state index in [0.717, 1.165) is 16.7 Å². The summed E-state index contributed by atoms with van der Waals surface area (Å²) in [6, 6.07) is 8.04. The number of aryl methyl sites for hydroxylation is 3. The van der Waals surface area contributed by atoms with Crippen molar-refractivity contribution < 1.29 is 22.7 Å². The summed E-state index contributed by atoms with van der Waals surface area (Å²) in [4.78, 5) is 11.7. The first-order chi connectivity index (χ1) is 12.7. The van der Waals surface area contributed by atoms with Crippen LogP contribution >= 0.6 is 0 Å². The highest BCUT2D eigenvalue weighted by Crippen LogP contribution is 2.30. The van der Waals surface area contributed by atoms with Gasteiger partial charge in [-0.25, -0.2) is 13.2 Å². The molecule has 2 aromatic carbocycles. The Morgan fingerprint density at radius 1 is 1.07 bits per heavy atom. The smallest absolute Gasteiger partial charge is 0.411 e. The van der Waals surface area contributed by atoms with E-state index in [1.54, 1.807) is 6.92 Å². The Morgan fingerprint density at radius 3 is 2.26 bits per heavy atom. The fraction of sp³-hybridized carbons (Fsp3) is 0.316. The van der Waals surface area contributed by atoms with Crippen molar-refractivity contribution in [3.63, 3.8) is 0 Å². The molecule has 146 valence electrons. The number of nitrogens with one attached hydrogen (secondary N) is 2. The van der Waals surface area contributed by atoms with Gasteiger partial charge in [0, 0.05) is 0 Å². The molecule has 7 nitrogen and oxygen atoms in total. The van der Waals surface area contributed by atoms with Crippen LogP contribution in [0, 0.1) is 20.8 Å². The van der Waals surface area contributed by atoms with Crippen LogP contribution in [0.1, 0.15) is 23.6 Å². The van der Waals surface area contributed by atoms with Crippen LogP contribution in [0.4, 0.5) is 16.2 Å². The van der Waals surface area contributed by atoms with Crippen LogP contribution in [0.25, 0.3) is 0 Å². The third-order valence-corrected chi connectivity index (χ3v) is 5.25. The van der Waals surface area contributed by atoms with E-state index in [2.05, 4.69) is 10.0 Å². The molecule has 0 aliphatic carbocycles. The molecule has 0 unspecified atom stereocenters. The van der Waals surface area contributed by atoms with Gasteiger partial charge in [-0.2, -0.15) is 0 Å². The molecule has 0 radical (unpaired) electrons. The summed E-state index contributed by atoms with van der Waals surface area (Å²) in [6.07, 6.45) is -0.691. The van der Waals surface area contributed by atoms with Crippen molar-refractivity contribution in [1.29, 1.82) is 0 Å². The van der Waals surface area contributed by atoms with E-state index in [-0.39, 0.29) is 17.2 Å². The monoisotopic (exact) mass is 392 g/mol. The van der Waals surface area contributed by atoms with Gasteiger partial charge in [0.25, 0.3) is 10.0 Å². The Morgan fingerprint density at radius 2 is 1.70 bits per heavy atom. The lowest BCUT2D eigenvalue weighted by Crippen LogP contribution is -2.17. The number of carbonyl (C=O) groups excluding carboxylic acids is 1. The molecular formula is C19H24N2O5S. The molecule has 0 aliphatic heterocycles. The molecule has 0 aromatic heterocycles. The van der Waals surface area contributed by atoms with Gasteiger partial charge in [-0.05, 0) is 57.0 Å². The van der Waals surface area contributed by atoms with Crippen molar-refractivity contribution in [1.82, 2.24) is 0 Å². The molecule has 0 atom stereocenters. The SMILES string of the molecule is CCOC(=O)Nc1cc(S(=O)(=O)Nc2c(C)cc(C)cc2C)ccc1OC. The second kappa shape index (κ2) is 8.30. The van der Waals surface area contributed by atoms with E-state index >= 15 is 0 Å². The molecule has 0 aliphatic rings. The largest absolute Gasteiger partial charge is 0.495 e. The lowest BCUT2D eigenvalue weighted by molar-refractivity contribution is 0.168. The zero-order chi connectivity index (χ0) is 20.2. The van der Waals surface area contributed by atoms with Gasteiger partial charge in [0.1, 0.15) is 5.75 Å². The van der Waals surface area contributed by atoms with Crippen LogP contribution < -0.4 is 14.8 Å². The highest BCUT2D eigenvalue weighted by atomic mass is 32.2. The average molecular weight is 392 g/mol. The highest BCUT2D eigenvalue weighted by molar-refractivity contribution is 7.92. The summed E-state index contributed by atoms with van der Waals surface area (Å²) >= 11 is 0.